The largest absolute Gasteiger partial charge is 0.342 e. The Labute approximate surface area is 110 Å². The van der Waals surface area contributed by atoms with E-state index in [1.807, 2.05) is 0 Å². The summed E-state index contributed by atoms with van der Waals surface area (Å²) in [7, 11) is 0. The number of hydrogen-bond donors (Lipinski definition) is 1. The third-order valence-corrected chi connectivity index (χ3v) is 3.95. The van der Waals surface area contributed by atoms with Gasteiger partial charge in [-0.25, -0.2) is 4.98 Å². The molecule has 0 aliphatic rings. The number of rotatable bonds is 2. The molecule has 0 saturated heterocycles. The maximum atomic E-state index is 4.78. The number of aromatic amines is 1. The highest BCUT2D eigenvalue weighted by Gasteiger charge is 2.18. The van der Waals surface area contributed by atoms with Gasteiger partial charge in [0.1, 0.15) is 5.82 Å². The molecule has 18 heavy (non-hydrogen) atoms. The molecule has 0 saturated carbocycles. The van der Waals surface area contributed by atoms with E-state index in [-0.39, 0.29) is 0 Å². The molecule has 0 amide bonds. The van der Waals surface area contributed by atoms with E-state index in [4.69, 9.17) is 4.98 Å². The fourth-order valence-corrected chi connectivity index (χ4v) is 2.87. The maximum absolute atomic E-state index is 4.78. The first-order valence-corrected chi connectivity index (χ1v) is 6.83. The Hall–Kier alpha value is -1.31. The standard InChI is InChI=1S/C16H24N2/c1-8(2)13-10(5)11(6)14-15(12(13)7)18-16(17-14)9(3)4/h8-9H,1-7H3,(H,17,18). The molecule has 1 aromatic heterocycles. The van der Waals surface area contributed by atoms with Gasteiger partial charge in [-0.3, -0.25) is 0 Å². The van der Waals surface area contributed by atoms with Crippen molar-refractivity contribution in [3.8, 4) is 0 Å². The van der Waals surface area contributed by atoms with Crippen molar-refractivity contribution in [2.45, 2.75) is 60.3 Å². The van der Waals surface area contributed by atoms with Crippen molar-refractivity contribution in [1.82, 2.24) is 9.97 Å². The van der Waals surface area contributed by atoms with E-state index in [9.17, 15) is 0 Å². The number of benzene rings is 1. The molecule has 0 aliphatic heterocycles. The van der Waals surface area contributed by atoms with Gasteiger partial charge in [0.15, 0.2) is 0 Å². The summed E-state index contributed by atoms with van der Waals surface area (Å²) >= 11 is 0. The number of imidazole rings is 1. The summed E-state index contributed by atoms with van der Waals surface area (Å²) in [6, 6.07) is 0. The van der Waals surface area contributed by atoms with Gasteiger partial charge in [0.2, 0.25) is 0 Å². The van der Waals surface area contributed by atoms with E-state index in [0.717, 1.165) is 11.3 Å². The van der Waals surface area contributed by atoms with Gasteiger partial charge in [0.05, 0.1) is 11.0 Å². The summed E-state index contributed by atoms with van der Waals surface area (Å²) in [5, 5.41) is 0. The zero-order valence-corrected chi connectivity index (χ0v) is 12.6. The van der Waals surface area contributed by atoms with Crippen molar-refractivity contribution in [3.63, 3.8) is 0 Å². The lowest BCUT2D eigenvalue weighted by atomic mass is 9.89. The summed E-state index contributed by atoms with van der Waals surface area (Å²) < 4.78 is 0. The molecule has 0 radical (unpaired) electrons. The average molecular weight is 244 g/mol. The van der Waals surface area contributed by atoms with Crippen LogP contribution in [0.1, 0.15) is 67.6 Å². The topological polar surface area (TPSA) is 28.7 Å². The fraction of sp³-hybridized carbons (Fsp3) is 0.562. The van der Waals surface area contributed by atoms with Crippen molar-refractivity contribution in [2.75, 3.05) is 0 Å². The molecule has 0 spiro atoms. The Bertz CT molecular complexity index is 589. The Morgan fingerprint density at radius 1 is 0.833 bits per heavy atom. The van der Waals surface area contributed by atoms with Crippen molar-refractivity contribution >= 4 is 11.0 Å². The Balaban J connectivity index is 2.85. The molecule has 0 atom stereocenters. The zero-order chi connectivity index (χ0) is 13.6. The molecule has 2 heteroatoms. The molecule has 1 aromatic carbocycles. The quantitative estimate of drug-likeness (QED) is 0.812. The molecule has 0 fully saturated rings. The number of fused-ring (bicyclic) bond motifs is 1. The highest BCUT2D eigenvalue weighted by Crippen LogP contribution is 2.33. The molecule has 98 valence electrons. The Morgan fingerprint density at radius 3 is 1.94 bits per heavy atom. The molecule has 0 unspecified atom stereocenters. The number of nitrogens with one attached hydrogen (secondary N) is 1. The van der Waals surface area contributed by atoms with Gasteiger partial charge >= 0.3 is 0 Å². The molecule has 1 heterocycles. The predicted molar refractivity (Wildman–Crippen MR) is 78.5 cm³/mol. The third-order valence-electron chi connectivity index (χ3n) is 3.95. The minimum Gasteiger partial charge on any atom is -0.342 e. The predicted octanol–water partition coefficient (Wildman–Crippen LogP) is 4.73. The highest BCUT2D eigenvalue weighted by atomic mass is 14.9. The van der Waals surface area contributed by atoms with E-state index >= 15 is 0 Å². The molecule has 0 bridgehead atoms. The van der Waals surface area contributed by atoms with Crippen molar-refractivity contribution in [3.05, 3.63) is 28.1 Å². The lowest BCUT2D eigenvalue weighted by molar-refractivity contribution is 0.798. The molecule has 1 N–H and O–H groups in total. The summed E-state index contributed by atoms with van der Waals surface area (Å²) in [4.78, 5) is 8.29. The van der Waals surface area contributed by atoms with Crippen LogP contribution in [0.15, 0.2) is 0 Å². The van der Waals surface area contributed by atoms with E-state index < -0.39 is 0 Å². The van der Waals surface area contributed by atoms with Crippen LogP contribution in [0.4, 0.5) is 0 Å². The summed E-state index contributed by atoms with van der Waals surface area (Å²) in [5.41, 5.74) is 7.93. The first kappa shape index (κ1) is 13.1. The van der Waals surface area contributed by atoms with Crippen molar-refractivity contribution in [2.24, 2.45) is 0 Å². The molecule has 2 nitrogen and oxygen atoms in total. The summed E-state index contributed by atoms with van der Waals surface area (Å²) in [5.74, 6) is 2.09. The van der Waals surface area contributed by atoms with E-state index in [1.165, 1.54) is 27.8 Å². The first-order valence-electron chi connectivity index (χ1n) is 6.83. The Morgan fingerprint density at radius 2 is 1.44 bits per heavy atom. The molecular weight excluding hydrogens is 220 g/mol. The SMILES string of the molecule is Cc1c(C(C)C)c(C)c2[nH]c(C(C)C)nc2c1C. The Kier molecular flexibility index (Phi) is 3.22. The lowest BCUT2D eigenvalue weighted by Crippen LogP contribution is -2.00. The van der Waals surface area contributed by atoms with Gasteiger partial charge in [-0.1, -0.05) is 27.7 Å². The molecule has 2 rings (SSSR count). The third kappa shape index (κ3) is 1.84. The van der Waals surface area contributed by atoms with Crippen molar-refractivity contribution in [1.29, 1.82) is 0 Å². The summed E-state index contributed by atoms with van der Waals surface area (Å²) in [6.07, 6.45) is 0. The highest BCUT2D eigenvalue weighted by molar-refractivity contribution is 5.85. The van der Waals surface area contributed by atoms with Crippen LogP contribution in [-0.2, 0) is 0 Å². The lowest BCUT2D eigenvalue weighted by Gasteiger charge is -2.16. The van der Waals surface area contributed by atoms with Crippen LogP contribution in [0, 0.1) is 20.8 Å². The normalized spacial score (nSPS) is 12.1. The van der Waals surface area contributed by atoms with Gasteiger partial charge in [-0.05, 0) is 48.9 Å². The minimum atomic E-state index is 0.444. The number of H-pyrrole nitrogens is 1. The van der Waals surface area contributed by atoms with Crippen LogP contribution < -0.4 is 0 Å². The second-order valence-corrected chi connectivity index (χ2v) is 5.94. The zero-order valence-electron chi connectivity index (χ0n) is 12.6. The molecule has 0 aliphatic carbocycles. The van der Waals surface area contributed by atoms with Crippen LogP contribution >= 0.6 is 0 Å². The van der Waals surface area contributed by atoms with Crippen LogP contribution in [0.3, 0.4) is 0 Å². The van der Waals surface area contributed by atoms with Crippen LogP contribution in [0.5, 0.6) is 0 Å². The molecule has 2 aromatic rings. The number of hydrogen-bond acceptors (Lipinski definition) is 1. The minimum absolute atomic E-state index is 0.444. The summed E-state index contributed by atoms with van der Waals surface area (Å²) in [6.45, 7) is 15.5. The number of nitrogens with zero attached hydrogens (tertiary/aromatic N) is 1. The van der Waals surface area contributed by atoms with Gasteiger partial charge in [-0.15, -0.1) is 0 Å². The smallest absolute Gasteiger partial charge is 0.109 e. The monoisotopic (exact) mass is 244 g/mol. The fourth-order valence-electron chi connectivity index (χ4n) is 2.87. The van der Waals surface area contributed by atoms with E-state index in [1.54, 1.807) is 0 Å². The van der Waals surface area contributed by atoms with E-state index in [0.29, 0.717) is 11.8 Å². The van der Waals surface area contributed by atoms with Crippen molar-refractivity contribution < 1.29 is 0 Å². The van der Waals surface area contributed by atoms with Gasteiger partial charge in [0.25, 0.3) is 0 Å². The maximum Gasteiger partial charge on any atom is 0.109 e. The van der Waals surface area contributed by atoms with Crippen LogP contribution in [0.2, 0.25) is 0 Å². The number of aryl methyl sites for hydroxylation is 2. The number of aromatic nitrogens is 2. The van der Waals surface area contributed by atoms with Crippen LogP contribution in [0.25, 0.3) is 11.0 Å². The first-order chi connectivity index (χ1) is 8.34. The second-order valence-electron chi connectivity index (χ2n) is 5.94. The second kappa shape index (κ2) is 4.42. The van der Waals surface area contributed by atoms with E-state index in [2.05, 4.69) is 53.5 Å². The molecular formula is C16H24N2. The van der Waals surface area contributed by atoms with Gasteiger partial charge < -0.3 is 4.98 Å². The van der Waals surface area contributed by atoms with Gasteiger partial charge in [-0.2, -0.15) is 0 Å². The van der Waals surface area contributed by atoms with Crippen LogP contribution in [-0.4, -0.2) is 9.97 Å². The average Bonchev–Trinajstić information content (AvgIpc) is 2.71. The van der Waals surface area contributed by atoms with Gasteiger partial charge in [0, 0.05) is 5.92 Å².